The molecule has 4 heteroatoms. The second-order valence-corrected chi connectivity index (χ2v) is 17.9. The third-order valence-corrected chi connectivity index (χ3v) is 12.3. The highest BCUT2D eigenvalue weighted by atomic mass is 28.4. The fourth-order valence-corrected chi connectivity index (χ4v) is 15.8. The Kier molecular flexibility index (Phi) is 6.55. The third kappa shape index (κ3) is 9.15. The molecular weight excluding hydrogens is 232 g/mol. The predicted octanol–water partition coefficient (Wildman–Crippen LogP) is 3.92. The molecule has 0 N–H and O–H groups in total. The first kappa shape index (κ1) is 15.9. The van der Waals surface area contributed by atoms with Gasteiger partial charge in [-0.1, -0.05) is 44.4 Å². The number of ether oxygens (including phenoxy) is 1. The van der Waals surface area contributed by atoms with Crippen LogP contribution >= 0.6 is 0 Å². The van der Waals surface area contributed by atoms with Gasteiger partial charge in [-0.05, 0) is 13.3 Å². The maximum atomic E-state index is 11.2. The van der Waals surface area contributed by atoms with E-state index in [1.54, 1.807) is 0 Å². The van der Waals surface area contributed by atoms with Crippen LogP contribution in [0.2, 0.25) is 44.4 Å². The summed E-state index contributed by atoms with van der Waals surface area (Å²) in [6.45, 7) is 14.6. The largest absolute Gasteiger partial charge is 0.466 e. The van der Waals surface area contributed by atoms with Gasteiger partial charge in [0, 0.05) is 22.6 Å². The van der Waals surface area contributed by atoms with Crippen LogP contribution < -0.4 is 0 Å². The van der Waals surface area contributed by atoms with Gasteiger partial charge in [-0.3, -0.25) is 4.79 Å². The molecule has 0 heterocycles. The molecule has 0 aliphatic rings. The molecule has 0 aromatic rings. The topological polar surface area (TPSA) is 26.3 Å². The van der Waals surface area contributed by atoms with Crippen molar-refractivity contribution < 1.29 is 9.53 Å². The number of carbonyl (C=O) groups is 1. The number of carbonyl (C=O) groups excluding carboxylic acids is 1. The zero-order valence-corrected chi connectivity index (χ0v) is 13.9. The molecule has 0 bridgehead atoms. The molecule has 0 atom stereocenters. The first-order chi connectivity index (χ1) is 7.16. The molecule has 0 saturated heterocycles. The van der Waals surface area contributed by atoms with Gasteiger partial charge in [0.25, 0.3) is 0 Å². The molecule has 0 unspecified atom stereocenters. The van der Waals surface area contributed by atoms with Crippen LogP contribution in [0.1, 0.15) is 19.8 Å². The maximum Gasteiger partial charge on any atom is 0.305 e. The van der Waals surface area contributed by atoms with Crippen molar-refractivity contribution >= 4 is 22.1 Å². The van der Waals surface area contributed by atoms with E-state index in [2.05, 4.69) is 32.7 Å². The normalized spacial score (nSPS) is 12.6. The molecule has 96 valence electrons. The van der Waals surface area contributed by atoms with Crippen LogP contribution in [0.3, 0.4) is 0 Å². The van der Waals surface area contributed by atoms with E-state index >= 15 is 0 Å². The van der Waals surface area contributed by atoms with E-state index in [0.29, 0.717) is 13.0 Å². The van der Waals surface area contributed by atoms with E-state index in [1.165, 1.54) is 11.7 Å². The smallest absolute Gasteiger partial charge is 0.305 e. The molecule has 16 heavy (non-hydrogen) atoms. The summed E-state index contributed by atoms with van der Waals surface area (Å²) in [5.74, 6) is -0.0275. The van der Waals surface area contributed by atoms with E-state index < -0.39 is 16.1 Å². The van der Waals surface area contributed by atoms with E-state index in [1.807, 2.05) is 6.92 Å². The predicted molar refractivity (Wildman–Crippen MR) is 76.3 cm³/mol. The van der Waals surface area contributed by atoms with E-state index in [9.17, 15) is 4.79 Å². The monoisotopic (exact) mass is 260 g/mol. The summed E-state index contributed by atoms with van der Waals surface area (Å²) in [7, 11) is -2.01. The van der Waals surface area contributed by atoms with Crippen molar-refractivity contribution in [2.45, 2.75) is 64.2 Å². The molecule has 0 amide bonds. The van der Waals surface area contributed by atoms with E-state index in [4.69, 9.17) is 4.74 Å². The van der Waals surface area contributed by atoms with Gasteiger partial charge in [0.1, 0.15) is 0 Å². The van der Waals surface area contributed by atoms with Crippen LogP contribution in [0, 0.1) is 0 Å². The molecule has 2 nitrogen and oxygen atoms in total. The summed E-state index contributed by atoms with van der Waals surface area (Å²) >= 11 is 0. The molecular formula is C12H28O2Si2. The fraction of sp³-hybridized carbons (Fsp3) is 0.917. The zero-order valence-electron chi connectivity index (χ0n) is 11.9. The van der Waals surface area contributed by atoms with Gasteiger partial charge < -0.3 is 4.74 Å². The summed E-state index contributed by atoms with van der Waals surface area (Å²) in [5, 5.41) is 0. The van der Waals surface area contributed by atoms with Crippen molar-refractivity contribution in [3.8, 4) is 0 Å². The Hall–Kier alpha value is -0.0962. The van der Waals surface area contributed by atoms with Crippen molar-refractivity contribution in [3.63, 3.8) is 0 Å². The fourth-order valence-electron chi connectivity index (χ4n) is 2.47. The first-order valence-corrected chi connectivity index (χ1v) is 13.4. The van der Waals surface area contributed by atoms with Crippen LogP contribution in [0.5, 0.6) is 0 Å². The van der Waals surface area contributed by atoms with Crippen molar-refractivity contribution in [1.29, 1.82) is 0 Å². The molecule has 0 aromatic heterocycles. The number of esters is 1. The Balaban J connectivity index is 3.87. The number of hydrogen-bond acceptors (Lipinski definition) is 2. The standard InChI is InChI=1S/C12H28O2Si2/c1-7-14-12(13)9-8-10-16(5,6)11-15(2,3)4/h7-11H2,1-6H3. The molecule has 0 aliphatic carbocycles. The Morgan fingerprint density at radius 2 is 1.69 bits per heavy atom. The zero-order chi connectivity index (χ0) is 12.8. The van der Waals surface area contributed by atoms with Gasteiger partial charge in [-0.15, -0.1) is 0 Å². The van der Waals surface area contributed by atoms with Gasteiger partial charge in [-0.2, -0.15) is 0 Å². The molecule has 0 aromatic carbocycles. The highest BCUT2D eigenvalue weighted by Gasteiger charge is 2.28. The Labute approximate surface area is 103 Å². The summed E-state index contributed by atoms with van der Waals surface area (Å²) in [4.78, 5) is 11.2. The average molecular weight is 261 g/mol. The van der Waals surface area contributed by atoms with Crippen molar-refractivity contribution in [2.75, 3.05) is 6.61 Å². The van der Waals surface area contributed by atoms with Crippen LogP contribution in [-0.2, 0) is 9.53 Å². The lowest BCUT2D eigenvalue weighted by atomic mass is 10.3. The minimum Gasteiger partial charge on any atom is -0.466 e. The Bertz CT molecular complexity index is 220. The highest BCUT2D eigenvalue weighted by molar-refractivity contribution is 6.94. The summed E-state index contributed by atoms with van der Waals surface area (Å²) in [5.41, 5.74) is 1.46. The van der Waals surface area contributed by atoms with E-state index in [-0.39, 0.29) is 5.97 Å². The second kappa shape index (κ2) is 6.59. The van der Waals surface area contributed by atoms with Gasteiger partial charge in [-0.25, -0.2) is 0 Å². The summed E-state index contributed by atoms with van der Waals surface area (Å²) in [6, 6.07) is 1.26. The van der Waals surface area contributed by atoms with Gasteiger partial charge in [0.05, 0.1) is 6.61 Å². The minimum absolute atomic E-state index is 0.0275. The molecule has 0 aliphatic heterocycles. The lowest BCUT2D eigenvalue weighted by Crippen LogP contribution is -2.37. The Morgan fingerprint density at radius 3 is 2.12 bits per heavy atom. The molecule has 0 saturated carbocycles. The minimum atomic E-state index is -1.07. The quantitative estimate of drug-likeness (QED) is 0.512. The number of hydrogen-bond donors (Lipinski definition) is 0. The van der Waals surface area contributed by atoms with Gasteiger partial charge >= 0.3 is 5.97 Å². The van der Waals surface area contributed by atoms with Gasteiger partial charge in [0.2, 0.25) is 0 Å². The molecule has 0 radical (unpaired) electrons. The van der Waals surface area contributed by atoms with Crippen LogP contribution in [0.15, 0.2) is 0 Å². The average Bonchev–Trinajstić information content (AvgIpc) is 1.98. The molecule has 0 spiro atoms. The summed E-state index contributed by atoms with van der Waals surface area (Å²) in [6.07, 6.45) is 1.62. The van der Waals surface area contributed by atoms with Crippen LogP contribution in [0.25, 0.3) is 0 Å². The van der Waals surface area contributed by atoms with Crippen molar-refractivity contribution in [2.24, 2.45) is 0 Å². The van der Waals surface area contributed by atoms with Gasteiger partial charge in [0.15, 0.2) is 0 Å². The maximum absolute atomic E-state index is 11.2. The van der Waals surface area contributed by atoms with Crippen molar-refractivity contribution in [3.05, 3.63) is 0 Å². The third-order valence-electron chi connectivity index (χ3n) is 2.55. The SMILES string of the molecule is CCOC(=O)CCC[Si](C)(C)C[Si](C)(C)C. The van der Waals surface area contributed by atoms with E-state index in [0.717, 1.165) is 6.42 Å². The lowest BCUT2D eigenvalue weighted by molar-refractivity contribution is -0.143. The lowest BCUT2D eigenvalue weighted by Gasteiger charge is -2.29. The molecule has 0 rings (SSSR count). The van der Waals surface area contributed by atoms with Crippen LogP contribution in [0.4, 0.5) is 0 Å². The Morgan fingerprint density at radius 1 is 1.12 bits per heavy atom. The second-order valence-electron chi connectivity index (χ2n) is 6.56. The first-order valence-electron chi connectivity index (χ1n) is 6.32. The van der Waals surface area contributed by atoms with Crippen LogP contribution in [-0.4, -0.2) is 28.7 Å². The number of rotatable bonds is 7. The van der Waals surface area contributed by atoms with Crippen molar-refractivity contribution in [1.82, 2.24) is 0 Å². The molecule has 0 fully saturated rings. The summed E-state index contributed by atoms with van der Waals surface area (Å²) < 4.78 is 4.94. The highest BCUT2D eigenvalue weighted by Crippen LogP contribution is 2.25.